The molecule has 3 nitrogen and oxygen atoms in total. The third-order valence-electron chi connectivity index (χ3n) is 2.59. The topological polar surface area (TPSA) is 34.2 Å². The van der Waals surface area contributed by atoms with Crippen molar-refractivity contribution in [2.75, 3.05) is 6.54 Å². The molecule has 108 valence electrons. The Morgan fingerprint density at radius 2 is 2.30 bits per heavy atom. The van der Waals surface area contributed by atoms with Gasteiger partial charge >= 0.3 is 0 Å². The number of nitrogens with zero attached hydrogens (tertiary/aromatic N) is 1. The molecular formula is C14H16ClFN2OS. The van der Waals surface area contributed by atoms with Crippen LogP contribution in [0.1, 0.15) is 24.0 Å². The van der Waals surface area contributed by atoms with Crippen LogP contribution in [0.4, 0.5) is 4.39 Å². The van der Waals surface area contributed by atoms with Gasteiger partial charge in [0, 0.05) is 11.9 Å². The SMILES string of the molecule is CCCNCc1nc(COc2cccc(Cl)c2F)cs1. The van der Waals surface area contributed by atoms with Crippen molar-refractivity contribution < 1.29 is 9.13 Å². The molecular weight excluding hydrogens is 299 g/mol. The van der Waals surface area contributed by atoms with Crippen LogP contribution in [-0.4, -0.2) is 11.5 Å². The number of nitrogens with one attached hydrogen (secondary N) is 1. The van der Waals surface area contributed by atoms with E-state index < -0.39 is 5.82 Å². The number of halogens is 2. The number of aromatic nitrogens is 1. The highest BCUT2D eigenvalue weighted by Crippen LogP contribution is 2.25. The summed E-state index contributed by atoms with van der Waals surface area (Å²) in [7, 11) is 0. The van der Waals surface area contributed by atoms with Crippen molar-refractivity contribution in [2.45, 2.75) is 26.5 Å². The van der Waals surface area contributed by atoms with Crippen molar-refractivity contribution in [3.8, 4) is 5.75 Å². The molecule has 0 spiro atoms. The zero-order valence-corrected chi connectivity index (χ0v) is 12.7. The molecule has 0 fully saturated rings. The maximum atomic E-state index is 13.6. The fourth-order valence-electron chi connectivity index (χ4n) is 1.62. The highest BCUT2D eigenvalue weighted by Gasteiger charge is 2.08. The van der Waals surface area contributed by atoms with Crippen molar-refractivity contribution in [1.82, 2.24) is 10.3 Å². The van der Waals surface area contributed by atoms with Gasteiger partial charge in [0.05, 0.1) is 10.7 Å². The van der Waals surface area contributed by atoms with Gasteiger partial charge in [-0.1, -0.05) is 24.6 Å². The summed E-state index contributed by atoms with van der Waals surface area (Å²) >= 11 is 7.26. The predicted octanol–water partition coefficient (Wildman–Crippen LogP) is 4.01. The Balaban J connectivity index is 1.89. The molecule has 0 saturated carbocycles. The number of hydrogen-bond donors (Lipinski definition) is 1. The lowest BCUT2D eigenvalue weighted by Crippen LogP contribution is -2.13. The first-order chi connectivity index (χ1) is 9.70. The van der Waals surface area contributed by atoms with E-state index in [0.29, 0.717) is 0 Å². The molecule has 0 saturated heterocycles. The summed E-state index contributed by atoms with van der Waals surface area (Å²) < 4.78 is 19.0. The van der Waals surface area contributed by atoms with Gasteiger partial charge in [-0.25, -0.2) is 9.37 Å². The lowest BCUT2D eigenvalue weighted by Gasteiger charge is -2.06. The second-order valence-corrected chi connectivity index (χ2v) is 5.60. The molecule has 1 aromatic carbocycles. The van der Waals surface area contributed by atoms with Gasteiger partial charge in [0.25, 0.3) is 0 Å². The summed E-state index contributed by atoms with van der Waals surface area (Å²) in [6, 6.07) is 4.70. The largest absolute Gasteiger partial charge is 0.484 e. The molecule has 6 heteroatoms. The zero-order chi connectivity index (χ0) is 14.4. The number of rotatable bonds is 7. The molecule has 0 unspecified atom stereocenters. The van der Waals surface area contributed by atoms with Crippen molar-refractivity contribution in [1.29, 1.82) is 0 Å². The Labute approximate surface area is 126 Å². The normalized spacial score (nSPS) is 10.8. The number of thiazole rings is 1. The van der Waals surface area contributed by atoms with Crippen molar-refractivity contribution >= 4 is 22.9 Å². The van der Waals surface area contributed by atoms with Crippen molar-refractivity contribution in [3.05, 3.63) is 45.1 Å². The van der Waals surface area contributed by atoms with Gasteiger partial charge in [-0.05, 0) is 25.1 Å². The zero-order valence-electron chi connectivity index (χ0n) is 11.2. The highest BCUT2D eigenvalue weighted by molar-refractivity contribution is 7.09. The second kappa shape index (κ2) is 7.57. The second-order valence-electron chi connectivity index (χ2n) is 4.25. The predicted molar refractivity (Wildman–Crippen MR) is 79.9 cm³/mol. The fourth-order valence-corrected chi connectivity index (χ4v) is 2.53. The van der Waals surface area contributed by atoms with Gasteiger partial charge in [0.15, 0.2) is 11.6 Å². The van der Waals surface area contributed by atoms with Crippen LogP contribution in [0.3, 0.4) is 0 Å². The molecule has 0 aliphatic carbocycles. The number of benzene rings is 1. The first-order valence-corrected chi connectivity index (χ1v) is 7.67. The summed E-state index contributed by atoms with van der Waals surface area (Å²) in [5.74, 6) is -0.384. The molecule has 2 rings (SSSR count). The maximum absolute atomic E-state index is 13.6. The Morgan fingerprint density at radius 1 is 1.45 bits per heavy atom. The van der Waals surface area contributed by atoms with Crippen LogP contribution >= 0.6 is 22.9 Å². The minimum atomic E-state index is -0.533. The lowest BCUT2D eigenvalue weighted by atomic mass is 10.3. The van der Waals surface area contributed by atoms with E-state index in [1.165, 1.54) is 6.07 Å². The van der Waals surface area contributed by atoms with Crippen molar-refractivity contribution in [2.24, 2.45) is 0 Å². The molecule has 1 N–H and O–H groups in total. The average Bonchev–Trinajstić information content (AvgIpc) is 2.89. The van der Waals surface area contributed by atoms with Gasteiger partial charge in [-0.2, -0.15) is 0 Å². The average molecular weight is 315 g/mol. The van der Waals surface area contributed by atoms with E-state index in [1.807, 2.05) is 5.38 Å². The lowest BCUT2D eigenvalue weighted by molar-refractivity contribution is 0.286. The Morgan fingerprint density at radius 3 is 3.10 bits per heavy atom. The molecule has 0 bridgehead atoms. The Kier molecular flexibility index (Phi) is 5.76. The third kappa shape index (κ3) is 4.16. The summed E-state index contributed by atoms with van der Waals surface area (Å²) in [4.78, 5) is 4.42. The van der Waals surface area contributed by atoms with Crippen LogP contribution < -0.4 is 10.1 Å². The number of hydrogen-bond acceptors (Lipinski definition) is 4. The summed E-state index contributed by atoms with van der Waals surface area (Å²) in [6.07, 6.45) is 1.09. The first-order valence-electron chi connectivity index (χ1n) is 6.41. The van der Waals surface area contributed by atoms with E-state index in [4.69, 9.17) is 16.3 Å². The first kappa shape index (κ1) is 15.2. The number of ether oxygens (including phenoxy) is 1. The standard InChI is InChI=1S/C14H16ClFN2OS/c1-2-6-17-7-13-18-10(9-20-13)8-19-12-5-3-4-11(15)14(12)16/h3-5,9,17H,2,6-8H2,1H3. The fraction of sp³-hybridized carbons (Fsp3) is 0.357. The van der Waals surface area contributed by atoms with Gasteiger partial charge in [0.1, 0.15) is 11.6 Å². The van der Waals surface area contributed by atoms with Gasteiger partial charge in [0.2, 0.25) is 0 Å². The summed E-state index contributed by atoms with van der Waals surface area (Å²) in [6.45, 7) is 4.08. The molecule has 2 aromatic rings. The van der Waals surface area contributed by atoms with Crippen LogP contribution in [0.15, 0.2) is 23.6 Å². The van der Waals surface area contributed by atoms with Crippen LogP contribution in [0.2, 0.25) is 5.02 Å². The molecule has 20 heavy (non-hydrogen) atoms. The smallest absolute Gasteiger partial charge is 0.183 e. The van der Waals surface area contributed by atoms with E-state index in [1.54, 1.807) is 23.5 Å². The molecule has 1 aromatic heterocycles. The highest BCUT2D eigenvalue weighted by atomic mass is 35.5. The molecule has 0 amide bonds. The quantitative estimate of drug-likeness (QED) is 0.784. The minimum absolute atomic E-state index is 0.0604. The van der Waals surface area contributed by atoms with Gasteiger partial charge in [-0.3, -0.25) is 0 Å². The van der Waals surface area contributed by atoms with E-state index >= 15 is 0 Å². The van der Waals surface area contributed by atoms with Crippen LogP contribution in [0.5, 0.6) is 5.75 Å². The maximum Gasteiger partial charge on any atom is 0.183 e. The molecule has 0 aliphatic heterocycles. The van der Waals surface area contributed by atoms with E-state index in [9.17, 15) is 4.39 Å². The van der Waals surface area contributed by atoms with E-state index in [0.717, 1.165) is 30.2 Å². The molecule has 0 atom stereocenters. The molecule has 0 radical (unpaired) electrons. The van der Waals surface area contributed by atoms with Gasteiger partial charge < -0.3 is 10.1 Å². The molecule has 1 heterocycles. The van der Waals surface area contributed by atoms with E-state index in [2.05, 4.69) is 17.2 Å². The van der Waals surface area contributed by atoms with Crippen LogP contribution in [-0.2, 0) is 13.2 Å². The Hall–Kier alpha value is -1.17. The minimum Gasteiger partial charge on any atom is -0.484 e. The summed E-state index contributed by atoms with van der Waals surface area (Å²) in [5.41, 5.74) is 0.794. The van der Waals surface area contributed by atoms with Crippen molar-refractivity contribution in [3.63, 3.8) is 0 Å². The Bertz CT molecular complexity index is 562. The summed E-state index contributed by atoms with van der Waals surface area (Å²) in [5, 5.41) is 6.27. The van der Waals surface area contributed by atoms with E-state index in [-0.39, 0.29) is 17.4 Å². The van der Waals surface area contributed by atoms with Gasteiger partial charge in [-0.15, -0.1) is 11.3 Å². The van der Waals surface area contributed by atoms with Crippen LogP contribution in [0.25, 0.3) is 0 Å². The molecule has 0 aliphatic rings. The van der Waals surface area contributed by atoms with Crippen LogP contribution in [0, 0.1) is 5.82 Å². The monoisotopic (exact) mass is 314 g/mol. The third-order valence-corrected chi connectivity index (χ3v) is 3.78.